The number of carbonyl (C=O) groups excluding carboxylic acids is 2. The fourth-order valence-corrected chi connectivity index (χ4v) is 2.99. The lowest BCUT2D eigenvalue weighted by Crippen LogP contribution is -2.24. The van der Waals surface area contributed by atoms with E-state index in [-0.39, 0.29) is 11.6 Å². The predicted molar refractivity (Wildman–Crippen MR) is 80.3 cm³/mol. The van der Waals surface area contributed by atoms with Gasteiger partial charge in [0.1, 0.15) is 0 Å². The Bertz CT molecular complexity index is 473. The molecule has 0 aromatic carbocycles. The molecule has 2 aliphatic rings. The summed E-state index contributed by atoms with van der Waals surface area (Å²) in [5.41, 5.74) is 2.44. The molecule has 3 nitrogen and oxygen atoms in total. The topological polar surface area (TPSA) is 37.4 Å². The van der Waals surface area contributed by atoms with Gasteiger partial charge in [-0.2, -0.15) is 0 Å². The van der Waals surface area contributed by atoms with Crippen molar-refractivity contribution in [3.05, 3.63) is 35.1 Å². The van der Waals surface area contributed by atoms with E-state index in [1.807, 2.05) is 6.08 Å². The van der Waals surface area contributed by atoms with Gasteiger partial charge in [0, 0.05) is 18.8 Å². The van der Waals surface area contributed by atoms with E-state index >= 15 is 0 Å². The summed E-state index contributed by atoms with van der Waals surface area (Å²) in [6, 6.07) is 0. The Labute approximate surface area is 121 Å². The molecule has 0 aromatic heterocycles. The van der Waals surface area contributed by atoms with Crippen molar-refractivity contribution in [2.24, 2.45) is 0 Å². The lowest BCUT2D eigenvalue weighted by molar-refractivity contribution is -0.119. The van der Waals surface area contributed by atoms with Crippen LogP contribution in [0.4, 0.5) is 0 Å². The van der Waals surface area contributed by atoms with Crippen molar-refractivity contribution < 1.29 is 9.59 Å². The predicted octanol–water partition coefficient (Wildman–Crippen LogP) is 3.18. The third-order valence-electron chi connectivity index (χ3n) is 3.98. The maximum Gasteiger partial charge on any atom is 0.163 e. The zero-order chi connectivity index (χ0) is 14.5. The molecule has 1 saturated heterocycles. The van der Waals surface area contributed by atoms with Gasteiger partial charge in [0.2, 0.25) is 0 Å². The van der Waals surface area contributed by atoms with Gasteiger partial charge in [0.15, 0.2) is 11.6 Å². The number of allylic oxidation sites excluding steroid dienone is 5. The molecule has 0 saturated carbocycles. The van der Waals surface area contributed by atoms with Crippen molar-refractivity contribution in [2.45, 2.75) is 46.0 Å². The highest BCUT2D eigenvalue weighted by Gasteiger charge is 2.18. The van der Waals surface area contributed by atoms with Gasteiger partial charge in [-0.25, -0.2) is 0 Å². The molecule has 0 aromatic rings. The Hall–Kier alpha value is -1.64. The molecule has 0 bridgehead atoms. The summed E-state index contributed by atoms with van der Waals surface area (Å²) in [5, 5.41) is 0. The van der Waals surface area contributed by atoms with Gasteiger partial charge in [-0.15, -0.1) is 0 Å². The number of hydrogen-bond donors (Lipinski definition) is 0. The Morgan fingerprint density at radius 2 is 1.55 bits per heavy atom. The van der Waals surface area contributed by atoms with Gasteiger partial charge >= 0.3 is 0 Å². The van der Waals surface area contributed by atoms with Crippen LogP contribution in [0.5, 0.6) is 0 Å². The smallest absolute Gasteiger partial charge is 0.163 e. The van der Waals surface area contributed by atoms with Gasteiger partial charge in [-0.3, -0.25) is 9.59 Å². The summed E-state index contributed by atoms with van der Waals surface area (Å²) in [6.07, 6.45) is 12.0. The monoisotopic (exact) mass is 273 g/mol. The highest BCUT2D eigenvalue weighted by Crippen LogP contribution is 2.24. The average molecular weight is 273 g/mol. The molecule has 20 heavy (non-hydrogen) atoms. The molecule has 1 fully saturated rings. The van der Waals surface area contributed by atoms with Crippen molar-refractivity contribution >= 4 is 11.6 Å². The quantitative estimate of drug-likeness (QED) is 0.450. The molecule has 0 unspecified atom stereocenters. The Morgan fingerprint density at radius 1 is 0.950 bits per heavy atom. The van der Waals surface area contributed by atoms with Crippen LogP contribution >= 0.6 is 0 Å². The minimum atomic E-state index is -0.135. The SMILES string of the molecule is CC(=O)C(C(C)=O)=C1C=CC(N2CCCCCC2)=CC1. The van der Waals surface area contributed by atoms with Crippen LogP contribution in [0.2, 0.25) is 0 Å². The van der Waals surface area contributed by atoms with Crippen LogP contribution in [0.1, 0.15) is 46.0 Å². The van der Waals surface area contributed by atoms with Crippen LogP contribution in [0, 0.1) is 0 Å². The average Bonchev–Trinajstić information content (AvgIpc) is 2.67. The third-order valence-corrected chi connectivity index (χ3v) is 3.98. The van der Waals surface area contributed by atoms with Gasteiger partial charge in [-0.05, 0) is 44.8 Å². The molecule has 1 aliphatic heterocycles. The second kappa shape index (κ2) is 6.69. The van der Waals surface area contributed by atoms with E-state index in [0.29, 0.717) is 12.0 Å². The van der Waals surface area contributed by atoms with Crippen LogP contribution in [0.3, 0.4) is 0 Å². The maximum absolute atomic E-state index is 11.6. The van der Waals surface area contributed by atoms with Crippen molar-refractivity contribution in [2.75, 3.05) is 13.1 Å². The minimum absolute atomic E-state index is 0.135. The molecular formula is C17H23NO2. The summed E-state index contributed by atoms with van der Waals surface area (Å²) >= 11 is 0. The van der Waals surface area contributed by atoms with Gasteiger partial charge in [0.05, 0.1) is 5.57 Å². The first-order valence-corrected chi connectivity index (χ1v) is 7.48. The summed E-state index contributed by atoms with van der Waals surface area (Å²) in [5.74, 6) is -0.271. The molecule has 3 heteroatoms. The number of likely N-dealkylation sites (tertiary alicyclic amines) is 1. The second-order valence-corrected chi connectivity index (χ2v) is 5.58. The van der Waals surface area contributed by atoms with Crippen molar-refractivity contribution in [3.8, 4) is 0 Å². The van der Waals surface area contributed by atoms with E-state index in [4.69, 9.17) is 0 Å². The normalized spacial score (nSPS) is 19.4. The Morgan fingerprint density at radius 3 is 2.00 bits per heavy atom. The molecule has 1 heterocycles. The van der Waals surface area contributed by atoms with E-state index in [1.54, 1.807) is 0 Å². The van der Waals surface area contributed by atoms with E-state index in [1.165, 1.54) is 45.2 Å². The van der Waals surface area contributed by atoms with Crippen LogP contribution in [0.25, 0.3) is 0 Å². The van der Waals surface area contributed by atoms with Crippen LogP contribution in [-0.2, 0) is 9.59 Å². The fraction of sp³-hybridized carbons (Fsp3) is 0.529. The Kier molecular flexibility index (Phi) is 4.94. The summed E-state index contributed by atoms with van der Waals surface area (Å²) in [6.45, 7) is 5.15. The van der Waals surface area contributed by atoms with Gasteiger partial charge in [-0.1, -0.05) is 25.0 Å². The molecule has 0 atom stereocenters. The molecule has 0 spiro atoms. The molecule has 1 aliphatic carbocycles. The number of ketones is 2. The van der Waals surface area contributed by atoms with E-state index in [9.17, 15) is 9.59 Å². The van der Waals surface area contributed by atoms with Crippen molar-refractivity contribution in [3.63, 3.8) is 0 Å². The molecule has 108 valence electrons. The largest absolute Gasteiger partial charge is 0.372 e. The Balaban J connectivity index is 2.14. The highest BCUT2D eigenvalue weighted by molar-refractivity contribution is 6.19. The summed E-state index contributed by atoms with van der Waals surface area (Å²) in [4.78, 5) is 25.6. The van der Waals surface area contributed by atoms with Gasteiger partial charge in [0.25, 0.3) is 0 Å². The van der Waals surface area contributed by atoms with E-state index < -0.39 is 0 Å². The highest BCUT2D eigenvalue weighted by atomic mass is 16.1. The molecule has 0 radical (unpaired) electrons. The summed E-state index contributed by atoms with van der Waals surface area (Å²) in [7, 11) is 0. The second-order valence-electron chi connectivity index (χ2n) is 5.58. The first kappa shape index (κ1) is 14.8. The zero-order valence-corrected chi connectivity index (χ0v) is 12.4. The molecular weight excluding hydrogens is 250 g/mol. The third kappa shape index (κ3) is 3.47. The molecule has 2 rings (SSSR count). The van der Waals surface area contributed by atoms with Crippen LogP contribution in [0.15, 0.2) is 35.1 Å². The van der Waals surface area contributed by atoms with Gasteiger partial charge < -0.3 is 4.90 Å². The standard InChI is InChI=1S/C17H23NO2/c1-13(19)17(14(2)20)15-7-9-16(10-8-15)18-11-5-3-4-6-12-18/h7,9-10H,3-6,8,11-12H2,1-2H3. The fourth-order valence-electron chi connectivity index (χ4n) is 2.99. The summed E-state index contributed by atoms with van der Waals surface area (Å²) < 4.78 is 0. The first-order valence-electron chi connectivity index (χ1n) is 7.48. The minimum Gasteiger partial charge on any atom is -0.372 e. The van der Waals surface area contributed by atoms with Crippen molar-refractivity contribution in [1.82, 2.24) is 4.90 Å². The number of carbonyl (C=O) groups is 2. The van der Waals surface area contributed by atoms with Crippen LogP contribution in [-0.4, -0.2) is 29.6 Å². The number of nitrogens with zero attached hydrogens (tertiary/aromatic N) is 1. The number of rotatable bonds is 3. The molecule has 0 N–H and O–H groups in total. The van der Waals surface area contributed by atoms with Crippen molar-refractivity contribution in [1.29, 1.82) is 0 Å². The maximum atomic E-state index is 11.6. The van der Waals surface area contributed by atoms with E-state index in [0.717, 1.165) is 18.7 Å². The zero-order valence-electron chi connectivity index (χ0n) is 12.4. The number of hydrogen-bond acceptors (Lipinski definition) is 3. The lowest BCUT2D eigenvalue weighted by atomic mass is 9.95. The van der Waals surface area contributed by atoms with E-state index in [2.05, 4.69) is 17.1 Å². The number of Topliss-reactive ketones (excluding diaryl/α,β-unsaturated/α-hetero) is 2. The molecule has 0 amide bonds. The lowest BCUT2D eigenvalue weighted by Gasteiger charge is -2.26. The first-order chi connectivity index (χ1) is 9.59. The van der Waals surface area contributed by atoms with Crippen LogP contribution < -0.4 is 0 Å².